The second kappa shape index (κ2) is 8.49. The van der Waals surface area contributed by atoms with E-state index >= 15 is 0 Å². The van der Waals surface area contributed by atoms with E-state index in [1.165, 1.54) is 24.3 Å². The number of rotatable bonds is 5. The Morgan fingerprint density at radius 1 is 1.00 bits per heavy atom. The Labute approximate surface area is 181 Å². The lowest BCUT2D eigenvalue weighted by atomic mass is 10.1. The molecule has 31 heavy (non-hydrogen) atoms. The summed E-state index contributed by atoms with van der Waals surface area (Å²) in [5, 5.41) is 7.69. The molecule has 1 saturated heterocycles. The van der Waals surface area contributed by atoms with E-state index in [-0.39, 0.29) is 36.5 Å². The van der Waals surface area contributed by atoms with Crippen molar-refractivity contribution < 1.29 is 19.2 Å². The summed E-state index contributed by atoms with van der Waals surface area (Å²) in [5.41, 5.74) is 2.94. The Morgan fingerprint density at radius 3 is 2.39 bits per heavy atom. The Balaban J connectivity index is 1.47. The van der Waals surface area contributed by atoms with Gasteiger partial charge in [0.05, 0.1) is 11.4 Å². The van der Waals surface area contributed by atoms with E-state index in [9.17, 15) is 19.2 Å². The van der Waals surface area contributed by atoms with Gasteiger partial charge in [0.25, 0.3) is 5.91 Å². The average molecular weight is 434 g/mol. The Kier molecular flexibility index (Phi) is 5.59. The van der Waals surface area contributed by atoms with E-state index in [1.807, 2.05) is 17.5 Å². The zero-order valence-corrected chi connectivity index (χ0v) is 17.4. The fourth-order valence-electron chi connectivity index (χ4n) is 3.21. The van der Waals surface area contributed by atoms with Gasteiger partial charge in [-0.3, -0.25) is 29.4 Å². The first kappa shape index (κ1) is 20.4. The highest BCUT2D eigenvalue weighted by Crippen LogP contribution is 2.27. The molecule has 0 unspecified atom stereocenters. The van der Waals surface area contributed by atoms with Crippen molar-refractivity contribution in [1.82, 2.24) is 4.98 Å². The van der Waals surface area contributed by atoms with E-state index in [0.29, 0.717) is 27.8 Å². The number of amides is 4. The highest BCUT2D eigenvalue weighted by atomic mass is 32.1. The summed E-state index contributed by atoms with van der Waals surface area (Å²) in [7, 11) is 0. The molecule has 2 N–H and O–H groups in total. The minimum absolute atomic E-state index is 0.145. The molecule has 0 radical (unpaired) electrons. The molecule has 0 spiro atoms. The van der Waals surface area contributed by atoms with Gasteiger partial charge < -0.3 is 5.32 Å². The zero-order valence-electron chi connectivity index (χ0n) is 16.5. The molecule has 8 nitrogen and oxygen atoms in total. The number of nitrogens with one attached hydrogen (secondary N) is 2. The van der Waals surface area contributed by atoms with Crippen LogP contribution in [0.25, 0.3) is 11.3 Å². The quantitative estimate of drug-likeness (QED) is 0.596. The third kappa shape index (κ3) is 4.51. The number of hydrogen-bond acceptors (Lipinski definition) is 6. The van der Waals surface area contributed by atoms with Gasteiger partial charge in [-0.05, 0) is 30.3 Å². The summed E-state index contributed by atoms with van der Waals surface area (Å²) in [6.45, 7) is 1.44. The van der Waals surface area contributed by atoms with Crippen molar-refractivity contribution in [2.24, 2.45) is 0 Å². The normalized spacial score (nSPS) is 13.4. The number of carbonyl (C=O) groups is 4. The summed E-state index contributed by atoms with van der Waals surface area (Å²) in [4.78, 5) is 53.2. The van der Waals surface area contributed by atoms with Crippen molar-refractivity contribution in [2.45, 2.75) is 19.8 Å². The van der Waals surface area contributed by atoms with Crippen LogP contribution in [0.15, 0.2) is 53.9 Å². The molecule has 156 valence electrons. The number of benzene rings is 2. The molecule has 0 saturated carbocycles. The second-order valence-electron chi connectivity index (χ2n) is 6.92. The van der Waals surface area contributed by atoms with Crippen LogP contribution in [0.2, 0.25) is 0 Å². The molecule has 0 atom stereocenters. The largest absolute Gasteiger partial charge is 0.326 e. The van der Waals surface area contributed by atoms with Crippen LogP contribution in [-0.2, 0) is 14.4 Å². The Bertz CT molecular complexity index is 1170. The van der Waals surface area contributed by atoms with Gasteiger partial charge in [-0.2, -0.15) is 0 Å². The summed E-state index contributed by atoms with van der Waals surface area (Å²) < 4.78 is 0. The van der Waals surface area contributed by atoms with Crippen LogP contribution in [0.5, 0.6) is 0 Å². The molecule has 4 amide bonds. The van der Waals surface area contributed by atoms with Gasteiger partial charge >= 0.3 is 0 Å². The van der Waals surface area contributed by atoms with Gasteiger partial charge in [0, 0.05) is 42.0 Å². The van der Waals surface area contributed by atoms with Crippen LogP contribution < -0.4 is 15.5 Å². The lowest BCUT2D eigenvalue weighted by Gasteiger charge is -2.14. The fraction of sp³-hybridized carbons (Fsp3) is 0.136. The summed E-state index contributed by atoms with van der Waals surface area (Å²) in [6, 6.07) is 13.6. The number of hydrogen-bond donors (Lipinski definition) is 2. The highest BCUT2D eigenvalue weighted by Gasteiger charge is 2.30. The summed E-state index contributed by atoms with van der Waals surface area (Å²) in [6.07, 6.45) is 0.367. The predicted molar refractivity (Wildman–Crippen MR) is 118 cm³/mol. The SMILES string of the molecule is CC(=O)Nc1ccc(-c2csc(NC(=O)c3cccc(N4C(=O)CCC4=O)c3)n2)cc1. The first-order valence-electron chi connectivity index (χ1n) is 9.51. The lowest BCUT2D eigenvalue weighted by molar-refractivity contribution is -0.121. The van der Waals surface area contributed by atoms with Gasteiger partial charge in [0.1, 0.15) is 0 Å². The number of anilines is 3. The minimum Gasteiger partial charge on any atom is -0.326 e. The predicted octanol–water partition coefficient (Wildman–Crippen LogP) is 3.67. The maximum atomic E-state index is 12.7. The van der Waals surface area contributed by atoms with Crippen LogP contribution in [0.4, 0.5) is 16.5 Å². The average Bonchev–Trinajstić information content (AvgIpc) is 3.34. The maximum absolute atomic E-state index is 12.7. The summed E-state index contributed by atoms with van der Waals surface area (Å²) >= 11 is 1.28. The van der Waals surface area contributed by atoms with Crippen LogP contribution in [-0.4, -0.2) is 28.6 Å². The Morgan fingerprint density at radius 2 is 1.71 bits per heavy atom. The van der Waals surface area contributed by atoms with E-state index in [2.05, 4.69) is 15.6 Å². The minimum atomic E-state index is -0.386. The van der Waals surface area contributed by atoms with Gasteiger partial charge in [0.15, 0.2) is 5.13 Å². The first-order valence-corrected chi connectivity index (χ1v) is 10.4. The van der Waals surface area contributed by atoms with E-state index in [0.717, 1.165) is 10.5 Å². The Hall–Kier alpha value is -3.85. The molecule has 1 aliphatic rings. The van der Waals surface area contributed by atoms with Crippen molar-refractivity contribution >= 4 is 51.5 Å². The molecule has 2 heterocycles. The molecule has 1 aliphatic heterocycles. The van der Waals surface area contributed by atoms with Gasteiger partial charge in [0.2, 0.25) is 17.7 Å². The topological polar surface area (TPSA) is 108 Å². The van der Waals surface area contributed by atoms with E-state index in [4.69, 9.17) is 0 Å². The molecule has 1 fully saturated rings. The molecule has 0 bridgehead atoms. The molecule has 4 rings (SSSR count). The van der Waals surface area contributed by atoms with Crippen LogP contribution in [0.3, 0.4) is 0 Å². The fourth-order valence-corrected chi connectivity index (χ4v) is 3.93. The molecular formula is C22H18N4O4S. The van der Waals surface area contributed by atoms with E-state index in [1.54, 1.807) is 30.3 Å². The standard InChI is InChI=1S/C22H18N4O4S/c1-13(27)23-16-7-5-14(6-8-16)18-12-31-22(24-18)25-21(30)15-3-2-4-17(11-15)26-19(28)9-10-20(26)29/h2-8,11-12H,9-10H2,1H3,(H,23,27)(H,24,25,30). The second-order valence-corrected chi connectivity index (χ2v) is 7.78. The van der Waals surface area contributed by atoms with E-state index < -0.39 is 0 Å². The van der Waals surface area contributed by atoms with Gasteiger partial charge in [-0.1, -0.05) is 18.2 Å². The van der Waals surface area contributed by atoms with Crippen molar-refractivity contribution in [3.05, 3.63) is 59.5 Å². The van der Waals surface area contributed by atoms with Crippen LogP contribution in [0.1, 0.15) is 30.1 Å². The number of carbonyl (C=O) groups excluding carboxylic acids is 4. The number of thiazole rings is 1. The number of imide groups is 1. The first-order chi connectivity index (χ1) is 14.9. The summed E-state index contributed by atoms with van der Waals surface area (Å²) in [5.74, 6) is -1.06. The lowest BCUT2D eigenvalue weighted by Crippen LogP contribution is -2.28. The molecule has 2 aromatic carbocycles. The molecule has 1 aromatic heterocycles. The monoisotopic (exact) mass is 434 g/mol. The van der Waals surface area contributed by atoms with Crippen molar-refractivity contribution in [3.63, 3.8) is 0 Å². The molecular weight excluding hydrogens is 416 g/mol. The maximum Gasteiger partial charge on any atom is 0.257 e. The van der Waals surface area contributed by atoms with Gasteiger partial charge in [-0.15, -0.1) is 11.3 Å². The van der Waals surface area contributed by atoms with Crippen LogP contribution in [0, 0.1) is 0 Å². The van der Waals surface area contributed by atoms with Crippen molar-refractivity contribution in [1.29, 1.82) is 0 Å². The molecule has 3 aromatic rings. The third-order valence-electron chi connectivity index (χ3n) is 4.64. The van der Waals surface area contributed by atoms with Crippen LogP contribution >= 0.6 is 11.3 Å². The zero-order chi connectivity index (χ0) is 22.0. The number of nitrogens with zero attached hydrogens (tertiary/aromatic N) is 2. The third-order valence-corrected chi connectivity index (χ3v) is 5.40. The highest BCUT2D eigenvalue weighted by molar-refractivity contribution is 7.14. The van der Waals surface area contributed by atoms with Crippen molar-refractivity contribution in [2.75, 3.05) is 15.5 Å². The smallest absolute Gasteiger partial charge is 0.257 e. The molecule has 0 aliphatic carbocycles. The molecule has 9 heteroatoms. The number of aromatic nitrogens is 1. The van der Waals surface area contributed by atoms with Crippen molar-refractivity contribution in [3.8, 4) is 11.3 Å². The van der Waals surface area contributed by atoms with Gasteiger partial charge in [-0.25, -0.2) is 4.98 Å².